The van der Waals surface area contributed by atoms with Crippen molar-refractivity contribution in [1.29, 1.82) is 0 Å². The molecule has 0 amide bonds. The van der Waals surface area contributed by atoms with Gasteiger partial charge in [-0.15, -0.1) is 0 Å². The predicted octanol–water partition coefficient (Wildman–Crippen LogP) is 1.68. The van der Waals surface area contributed by atoms with E-state index >= 15 is 0 Å². The average Bonchev–Trinajstić information content (AvgIpc) is 3.01. The van der Waals surface area contributed by atoms with Crippen LogP contribution in [0.15, 0.2) is 0 Å². The monoisotopic (exact) mass is 298 g/mol. The number of hydrogen-bond acceptors (Lipinski definition) is 4. The Balaban J connectivity index is 2.33. The van der Waals surface area contributed by atoms with Gasteiger partial charge >= 0.3 is 0 Å². The van der Waals surface area contributed by atoms with E-state index in [0.717, 1.165) is 0 Å². The molecular formula is C17H38N4. The Labute approximate surface area is 133 Å². The van der Waals surface area contributed by atoms with E-state index in [0.29, 0.717) is 5.54 Å². The maximum Gasteiger partial charge on any atom is 0.0338 e. The van der Waals surface area contributed by atoms with Gasteiger partial charge in [0.2, 0.25) is 0 Å². The van der Waals surface area contributed by atoms with Crippen molar-refractivity contribution in [1.82, 2.24) is 19.6 Å². The molecule has 4 nitrogen and oxygen atoms in total. The minimum absolute atomic E-state index is 0.540. The molecule has 1 saturated heterocycles. The highest BCUT2D eigenvalue weighted by Gasteiger charge is 2.49. The Hall–Kier alpha value is -0.160. The fraction of sp³-hybridized carbons (Fsp3) is 1.00. The maximum atomic E-state index is 2.74. The number of hydrogen-bond donors (Lipinski definition) is 0. The van der Waals surface area contributed by atoms with E-state index in [9.17, 15) is 0 Å². The molecule has 1 unspecified atom stereocenters. The van der Waals surface area contributed by atoms with Crippen LogP contribution in [0.4, 0.5) is 0 Å². The first-order valence-electron chi connectivity index (χ1n) is 8.55. The van der Waals surface area contributed by atoms with Crippen molar-refractivity contribution in [3.05, 3.63) is 0 Å². The minimum Gasteiger partial charge on any atom is -0.309 e. The van der Waals surface area contributed by atoms with Crippen LogP contribution < -0.4 is 0 Å². The first-order valence-corrected chi connectivity index (χ1v) is 8.55. The molecule has 0 aromatic rings. The van der Waals surface area contributed by atoms with Crippen LogP contribution in [-0.2, 0) is 0 Å². The van der Waals surface area contributed by atoms with Gasteiger partial charge in [-0.1, -0.05) is 0 Å². The molecule has 0 saturated carbocycles. The molecule has 1 rings (SSSR count). The van der Waals surface area contributed by atoms with Crippen LogP contribution in [-0.4, -0.2) is 100 Å². The summed E-state index contributed by atoms with van der Waals surface area (Å²) < 4.78 is 0. The molecule has 0 spiro atoms. The summed E-state index contributed by atoms with van der Waals surface area (Å²) in [5.41, 5.74) is 0.540. The summed E-state index contributed by atoms with van der Waals surface area (Å²) in [6.45, 7) is 6.27. The van der Waals surface area contributed by atoms with Gasteiger partial charge in [0.1, 0.15) is 0 Å². The standard InChI is InChI=1S/C17H38N4/c1-18(2)12-7-10-17(11-8-13-19(3)4)16-21(17)15-9-14-20(5)6/h7-16H2,1-6H3. The lowest BCUT2D eigenvalue weighted by Crippen LogP contribution is -2.25. The van der Waals surface area contributed by atoms with E-state index in [4.69, 9.17) is 0 Å². The molecular weight excluding hydrogens is 260 g/mol. The molecule has 0 N–H and O–H groups in total. The van der Waals surface area contributed by atoms with Crippen molar-refractivity contribution in [3.8, 4) is 0 Å². The molecule has 0 aromatic heterocycles. The Morgan fingerprint density at radius 3 is 1.57 bits per heavy atom. The molecule has 1 aliphatic heterocycles. The first kappa shape index (κ1) is 18.9. The molecule has 1 fully saturated rings. The Kier molecular flexibility index (Phi) is 8.17. The Bertz CT molecular complexity index is 262. The van der Waals surface area contributed by atoms with Crippen molar-refractivity contribution >= 4 is 0 Å². The predicted molar refractivity (Wildman–Crippen MR) is 93.1 cm³/mol. The zero-order valence-corrected chi connectivity index (χ0v) is 15.4. The summed E-state index contributed by atoms with van der Waals surface area (Å²) in [6, 6.07) is 0. The fourth-order valence-corrected chi connectivity index (χ4v) is 3.26. The van der Waals surface area contributed by atoms with Gasteiger partial charge in [0, 0.05) is 18.6 Å². The van der Waals surface area contributed by atoms with Gasteiger partial charge in [0.05, 0.1) is 0 Å². The van der Waals surface area contributed by atoms with Crippen molar-refractivity contribution in [2.24, 2.45) is 0 Å². The third-order valence-electron chi connectivity index (χ3n) is 4.58. The summed E-state index contributed by atoms with van der Waals surface area (Å²) in [6.07, 6.45) is 6.72. The van der Waals surface area contributed by atoms with Gasteiger partial charge in [0.25, 0.3) is 0 Å². The first-order chi connectivity index (χ1) is 9.85. The number of nitrogens with zero attached hydrogens (tertiary/aromatic N) is 4. The van der Waals surface area contributed by atoms with Gasteiger partial charge in [-0.25, -0.2) is 0 Å². The lowest BCUT2D eigenvalue weighted by Gasteiger charge is -2.21. The third-order valence-corrected chi connectivity index (χ3v) is 4.58. The van der Waals surface area contributed by atoms with Crippen molar-refractivity contribution < 1.29 is 0 Å². The highest BCUT2D eigenvalue weighted by Crippen LogP contribution is 2.41. The Morgan fingerprint density at radius 2 is 1.14 bits per heavy atom. The zero-order valence-electron chi connectivity index (χ0n) is 15.4. The lowest BCUT2D eigenvalue weighted by molar-refractivity contribution is 0.294. The van der Waals surface area contributed by atoms with E-state index in [-0.39, 0.29) is 0 Å². The summed E-state index contributed by atoms with van der Waals surface area (Å²) in [4.78, 5) is 9.66. The molecule has 0 radical (unpaired) electrons. The van der Waals surface area contributed by atoms with Gasteiger partial charge < -0.3 is 14.7 Å². The molecule has 0 aliphatic carbocycles. The highest BCUT2D eigenvalue weighted by molar-refractivity contribution is 5.06. The van der Waals surface area contributed by atoms with Crippen LogP contribution in [0.25, 0.3) is 0 Å². The van der Waals surface area contributed by atoms with E-state index < -0.39 is 0 Å². The smallest absolute Gasteiger partial charge is 0.0338 e. The van der Waals surface area contributed by atoms with Crippen LogP contribution in [0.1, 0.15) is 32.1 Å². The molecule has 1 aliphatic rings. The topological polar surface area (TPSA) is 12.7 Å². The summed E-state index contributed by atoms with van der Waals surface area (Å²) in [7, 11) is 13.1. The largest absolute Gasteiger partial charge is 0.309 e. The second kappa shape index (κ2) is 9.09. The SMILES string of the molecule is CN(C)CCCN1CC1(CCCN(C)C)CCCN(C)C. The summed E-state index contributed by atoms with van der Waals surface area (Å²) in [5, 5.41) is 0. The van der Waals surface area contributed by atoms with E-state index in [1.54, 1.807) is 0 Å². The minimum atomic E-state index is 0.540. The van der Waals surface area contributed by atoms with Crippen LogP contribution in [0.3, 0.4) is 0 Å². The normalized spacial score (nSPS) is 20.7. The summed E-state index contributed by atoms with van der Waals surface area (Å²) in [5.74, 6) is 0. The van der Waals surface area contributed by atoms with Gasteiger partial charge in [-0.05, 0) is 94.0 Å². The zero-order chi connectivity index (χ0) is 15.9. The van der Waals surface area contributed by atoms with E-state index in [1.165, 1.54) is 64.8 Å². The molecule has 1 heterocycles. The van der Waals surface area contributed by atoms with Gasteiger partial charge in [0.15, 0.2) is 0 Å². The van der Waals surface area contributed by atoms with Crippen LogP contribution in [0.2, 0.25) is 0 Å². The van der Waals surface area contributed by atoms with Crippen LogP contribution in [0.5, 0.6) is 0 Å². The second-order valence-electron chi connectivity index (χ2n) is 7.62. The molecule has 1 atom stereocenters. The van der Waals surface area contributed by atoms with E-state index in [2.05, 4.69) is 61.9 Å². The quantitative estimate of drug-likeness (QED) is 0.508. The lowest BCUT2D eigenvalue weighted by atomic mass is 9.97. The van der Waals surface area contributed by atoms with Crippen molar-refractivity contribution in [3.63, 3.8) is 0 Å². The van der Waals surface area contributed by atoms with Crippen LogP contribution in [0, 0.1) is 0 Å². The molecule has 126 valence electrons. The maximum absolute atomic E-state index is 2.74. The number of rotatable bonds is 12. The average molecular weight is 299 g/mol. The van der Waals surface area contributed by atoms with Gasteiger partial charge in [-0.2, -0.15) is 0 Å². The second-order valence-corrected chi connectivity index (χ2v) is 7.62. The Morgan fingerprint density at radius 1 is 0.714 bits per heavy atom. The van der Waals surface area contributed by atoms with Gasteiger partial charge in [-0.3, -0.25) is 4.90 Å². The molecule has 0 bridgehead atoms. The molecule has 4 heteroatoms. The summed E-state index contributed by atoms with van der Waals surface area (Å²) >= 11 is 0. The highest BCUT2D eigenvalue weighted by atomic mass is 15.4. The molecule has 0 aromatic carbocycles. The van der Waals surface area contributed by atoms with Crippen molar-refractivity contribution in [2.45, 2.75) is 37.6 Å². The third kappa shape index (κ3) is 7.59. The van der Waals surface area contributed by atoms with E-state index in [1.807, 2.05) is 0 Å². The van der Waals surface area contributed by atoms with Crippen LogP contribution >= 0.6 is 0 Å². The fourth-order valence-electron chi connectivity index (χ4n) is 3.26. The van der Waals surface area contributed by atoms with Crippen molar-refractivity contribution in [2.75, 3.05) is 75.0 Å². The molecule has 21 heavy (non-hydrogen) atoms.